The van der Waals surface area contributed by atoms with Crippen molar-refractivity contribution in [3.63, 3.8) is 0 Å². The number of hydrogen-bond donors (Lipinski definition) is 0. The van der Waals surface area contributed by atoms with Crippen molar-refractivity contribution in [1.82, 2.24) is 19.4 Å². The van der Waals surface area contributed by atoms with E-state index in [1.807, 2.05) is 34.2 Å². The molecule has 7 nitrogen and oxygen atoms in total. The summed E-state index contributed by atoms with van der Waals surface area (Å²) in [5, 5.41) is 2.50. The first-order valence-electron chi connectivity index (χ1n) is 8.48. The van der Waals surface area contributed by atoms with Crippen LogP contribution in [0, 0.1) is 5.92 Å². The zero-order valence-corrected chi connectivity index (χ0v) is 15.2. The minimum absolute atomic E-state index is 0.00169. The number of imidazole rings is 1. The molecule has 134 valence electrons. The Kier molecular flexibility index (Phi) is 4.42. The summed E-state index contributed by atoms with van der Waals surface area (Å²) in [6.07, 6.45) is 3.72. The van der Waals surface area contributed by atoms with Crippen LogP contribution in [0.25, 0.3) is 11.0 Å². The second-order valence-electron chi connectivity index (χ2n) is 6.41. The van der Waals surface area contributed by atoms with Gasteiger partial charge in [-0.3, -0.25) is 14.5 Å². The highest BCUT2D eigenvalue weighted by Gasteiger charge is 2.37. The fourth-order valence-electron chi connectivity index (χ4n) is 3.28. The van der Waals surface area contributed by atoms with Crippen LogP contribution in [0.15, 0.2) is 42.2 Å². The van der Waals surface area contributed by atoms with E-state index in [-0.39, 0.29) is 24.2 Å². The van der Waals surface area contributed by atoms with E-state index < -0.39 is 0 Å². The number of anilines is 1. The predicted octanol–water partition coefficient (Wildman–Crippen LogP) is 2.00. The molecule has 3 heterocycles. The Bertz CT molecular complexity index is 936. The van der Waals surface area contributed by atoms with Crippen LogP contribution in [0.2, 0.25) is 0 Å². The third kappa shape index (κ3) is 3.08. The Labute approximate surface area is 154 Å². The summed E-state index contributed by atoms with van der Waals surface area (Å²) in [7, 11) is 1.79. The summed E-state index contributed by atoms with van der Waals surface area (Å²) in [6.45, 7) is 1.64. The molecule has 0 bridgehead atoms. The van der Waals surface area contributed by atoms with Gasteiger partial charge in [-0.1, -0.05) is 12.1 Å². The Hall–Kier alpha value is -2.74. The highest BCUT2D eigenvalue weighted by atomic mass is 32.1. The van der Waals surface area contributed by atoms with E-state index in [2.05, 4.69) is 9.97 Å². The summed E-state index contributed by atoms with van der Waals surface area (Å²) >= 11 is 1.41. The average molecular weight is 369 g/mol. The molecule has 1 saturated heterocycles. The van der Waals surface area contributed by atoms with Crippen LogP contribution in [0.5, 0.6) is 0 Å². The van der Waals surface area contributed by atoms with Crippen molar-refractivity contribution in [2.45, 2.75) is 13.0 Å². The van der Waals surface area contributed by atoms with Crippen LogP contribution in [-0.2, 0) is 16.1 Å². The molecule has 4 rings (SSSR count). The van der Waals surface area contributed by atoms with E-state index in [4.69, 9.17) is 0 Å². The lowest BCUT2D eigenvalue weighted by molar-refractivity contribution is -0.134. The Morgan fingerprint density at radius 3 is 3.00 bits per heavy atom. The molecule has 0 aliphatic carbocycles. The van der Waals surface area contributed by atoms with Gasteiger partial charge < -0.3 is 9.47 Å². The molecule has 1 fully saturated rings. The van der Waals surface area contributed by atoms with E-state index in [1.165, 1.54) is 11.3 Å². The highest BCUT2D eigenvalue weighted by molar-refractivity contribution is 7.13. The Morgan fingerprint density at radius 2 is 2.19 bits per heavy atom. The van der Waals surface area contributed by atoms with E-state index in [0.29, 0.717) is 24.8 Å². The molecule has 1 aromatic carbocycles. The first-order valence-corrected chi connectivity index (χ1v) is 9.36. The van der Waals surface area contributed by atoms with Crippen LogP contribution in [0.3, 0.4) is 0 Å². The van der Waals surface area contributed by atoms with Crippen molar-refractivity contribution in [2.75, 3.05) is 25.0 Å². The van der Waals surface area contributed by atoms with Crippen molar-refractivity contribution < 1.29 is 9.59 Å². The summed E-state index contributed by atoms with van der Waals surface area (Å²) in [5.74, 6) is -0.343. The summed E-state index contributed by atoms with van der Waals surface area (Å²) in [5.41, 5.74) is 2.00. The lowest BCUT2D eigenvalue weighted by Crippen LogP contribution is -2.36. The molecular formula is C18H19N5O2S. The van der Waals surface area contributed by atoms with Gasteiger partial charge in [-0.2, -0.15) is 0 Å². The summed E-state index contributed by atoms with van der Waals surface area (Å²) in [4.78, 5) is 36.8. The number of nitrogens with zero attached hydrogens (tertiary/aromatic N) is 5. The van der Waals surface area contributed by atoms with Crippen LogP contribution in [0.4, 0.5) is 5.13 Å². The number of aromatic nitrogens is 3. The minimum atomic E-state index is -0.309. The molecule has 0 saturated carbocycles. The van der Waals surface area contributed by atoms with Crippen molar-refractivity contribution in [3.05, 3.63) is 42.2 Å². The number of para-hydroxylation sites is 2. The van der Waals surface area contributed by atoms with Gasteiger partial charge in [0.1, 0.15) is 0 Å². The normalized spacial score (nSPS) is 17.2. The number of carbonyl (C=O) groups excluding carboxylic acids is 2. The van der Waals surface area contributed by atoms with Gasteiger partial charge in [0.05, 0.1) is 23.3 Å². The van der Waals surface area contributed by atoms with Crippen molar-refractivity contribution in [3.8, 4) is 0 Å². The Balaban J connectivity index is 1.38. The smallest absolute Gasteiger partial charge is 0.229 e. The number of carbonyl (C=O) groups is 2. The van der Waals surface area contributed by atoms with Crippen molar-refractivity contribution >= 4 is 39.3 Å². The zero-order valence-electron chi connectivity index (χ0n) is 14.4. The maximum atomic E-state index is 12.7. The van der Waals surface area contributed by atoms with Crippen LogP contribution < -0.4 is 4.90 Å². The molecule has 8 heteroatoms. The zero-order chi connectivity index (χ0) is 18.1. The van der Waals surface area contributed by atoms with Gasteiger partial charge in [0.25, 0.3) is 0 Å². The van der Waals surface area contributed by atoms with Gasteiger partial charge in [0.2, 0.25) is 11.8 Å². The van der Waals surface area contributed by atoms with Gasteiger partial charge in [-0.25, -0.2) is 9.97 Å². The topological polar surface area (TPSA) is 71.3 Å². The number of thiazole rings is 1. The molecule has 26 heavy (non-hydrogen) atoms. The largest absolute Gasteiger partial charge is 0.344 e. The Morgan fingerprint density at radius 1 is 1.35 bits per heavy atom. The first-order chi connectivity index (χ1) is 12.6. The molecule has 1 aliphatic heterocycles. The number of amides is 2. The van der Waals surface area contributed by atoms with E-state index in [0.717, 1.165) is 11.0 Å². The van der Waals surface area contributed by atoms with E-state index in [1.54, 1.807) is 29.4 Å². The fourth-order valence-corrected chi connectivity index (χ4v) is 3.94. The standard InChI is InChI=1S/C18H19N5O2S/c1-21(7-8-22-12-20-14-4-2-3-5-15(14)22)17(25)13-10-16(24)23(11-13)18-19-6-9-26-18/h2-6,9,12-13H,7-8,10-11H2,1H3. The molecule has 0 spiro atoms. The fraction of sp³-hybridized carbons (Fsp3) is 0.333. The monoisotopic (exact) mass is 369 g/mol. The third-order valence-electron chi connectivity index (χ3n) is 4.70. The van der Waals surface area contributed by atoms with Gasteiger partial charge in [0, 0.05) is 44.7 Å². The lowest BCUT2D eigenvalue weighted by atomic mass is 10.1. The SMILES string of the molecule is CN(CCn1cnc2ccccc21)C(=O)C1CC(=O)N(c2nccs2)C1. The molecule has 1 atom stereocenters. The highest BCUT2D eigenvalue weighted by Crippen LogP contribution is 2.27. The van der Waals surface area contributed by atoms with Crippen molar-refractivity contribution in [2.24, 2.45) is 5.92 Å². The summed E-state index contributed by atoms with van der Waals surface area (Å²) in [6, 6.07) is 7.93. The molecule has 1 aliphatic rings. The number of rotatable bonds is 5. The van der Waals surface area contributed by atoms with E-state index >= 15 is 0 Å². The minimum Gasteiger partial charge on any atom is -0.344 e. The molecule has 3 aromatic rings. The third-order valence-corrected chi connectivity index (χ3v) is 5.50. The van der Waals surface area contributed by atoms with Crippen LogP contribution >= 0.6 is 11.3 Å². The number of fused-ring (bicyclic) bond motifs is 1. The van der Waals surface area contributed by atoms with Gasteiger partial charge in [0.15, 0.2) is 5.13 Å². The predicted molar refractivity (Wildman–Crippen MR) is 99.9 cm³/mol. The number of hydrogen-bond acceptors (Lipinski definition) is 5. The molecule has 1 unspecified atom stereocenters. The second kappa shape index (κ2) is 6.87. The van der Waals surface area contributed by atoms with E-state index in [9.17, 15) is 9.59 Å². The van der Waals surface area contributed by atoms with Crippen LogP contribution in [0.1, 0.15) is 6.42 Å². The molecule has 2 aromatic heterocycles. The number of benzene rings is 1. The van der Waals surface area contributed by atoms with Gasteiger partial charge >= 0.3 is 0 Å². The lowest BCUT2D eigenvalue weighted by Gasteiger charge is -2.21. The maximum absolute atomic E-state index is 12.7. The van der Waals surface area contributed by atoms with Gasteiger partial charge in [-0.15, -0.1) is 11.3 Å². The first kappa shape index (κ1) is 16.7. The van der Waals surface area contributed by atoms with Crippen LogP contribution in [-0.4, -0.2) is 51.4 Å². The number of likely N-dealkylation sites (N-methyl/N-ethyl adjacent to an activating group) is 1. The average Bonchev–Trinajstić information content (AvgIpc) is 3.38. The van der Waals surface area contributed by atoms with Crippen molar-refractivity contribution in [1.29, 1.82) is 0 Å². The molecule has 0 radical (unpaired) electrons. The quantitative estimate of drug-likeness (QED) is 0.690. The molecular weight excluding hydrogens is 350 g/mol. The molecule has 2 amide bonds. The van der Waals surface area contributed by atoms with Gasteiger partial charge in [-0.05, 0) is 12.1 Å². The maximum Gasteiger partial charge on any atom is 0.229 e. The molecule has 0 N–H and O–H groups in total. The second-order valence-corrected chi connectivity index (χ2v) is 7.28. The summed E-state index contributed by atoms with van der Waals surface area (Å²) < 4.78 is 2.04.